The summed E-state index contributed by atoms with van der Waals surface area (Å²) in [6.07, 6.45) is 6.95. The lowest BCUT2D eigenvalue weighted by molar-refractivity contribution is -0.328. The monoisotopic (exact) mass is 590 g/mol. The van der Waals surface area contributed by atoms with Crippen LogP contribution in [0.2, 0.25) is 0 Å². The molecule has 0 aromatic carbocycles. The summed E-state index contributed by atoms with van der Waals surface area (Å²) in [6, 6.07) is 0. The molecule has 0 spiro atoms. The summed E-state index contributed by atoms with van der Waals surface area (Å²) in [4.78, 5) is 13.3. The molecule has 240 valence electrons. The molecule has 2 rings (SSSR count). The third kappa shape index (κ3) is 9.12. The molecule has 42 heavy (non-hydrogen) atoms. The summed E-state index contributed by atoms with van der Waals surface area (Å²) in [6.45, 7) is 21.0. The van der Waals surface area contributed by atoms with Crippen molar-refractivity contribution in [1.82, 2.24) is 0 Å². The number of esters is 1. The lowest BCUT2D eigenvalue weighted by Crippen LogP contribution is -2.58. The third-order valence-electron chi connectivity index (χ3n) is 9.52. The van der Waals surface area contributed by atoms with Gasteiger partial charge in [-0.2, -0.15) is 0 Å². The molecule has 1 saturated heterocycles. The zero-order valence-corrected chi connectivity index (χ0v) is 27.7. The van der Waals surface area contributed by atoms with E-state index in [1.807, 2.05) is 86.6 Å². The number of carbonyl (C=O) groups is 1. The van der Waals surface area contributed by atoms with Gasteiger partial charge in [0.1, 0.15) is 6.10 Å². The fourth-order valence-corrected chi connectivity index (χ4v) is 6.64. The molecule has 0 radical (unpaired) electrons. The van der Waals surface area contributed by atoms with Gasteiger partial charge in [0.05, 0.1) is 24.4 Å². The predicted octanol–water partition coefficient (Wildman–Crippen LogP) is 5.73. The van der Waals surface area contributed by atoms with Crippen LogP contribution < -0.4 is 0 Å². The first-order chi connectivity index (χ1) is 19.4. The van der Waals surface area contributed by atoms with E-state index < -0.39 is 48.0 Å². The van der Waals surface area contributed by atoms with E-state index in [-0.39, 0.29) is 42.1 Å². The molecule has 12 atom stereocenters. The Morgan fingerprint density at radius 1 is 0.976 bits per heavy atom. The maximum Gasteiger partial charge on any atom is 0.334 e. The van der Waals surface area contributed by atoms with E-state index in [2.05, 4.69) is 0 Å². The van der Waals surface area contributed by atoms with Gasteiger partial charge >= 0.3 is 5.97 Å². The van der Waals surface area contributed by atoms with Gasteiger partial charge in [0.15, 0.2) is 5.79 Å². The van der Waals surface area contributed by atoms with Crippen LogP contribution in [0.3, 0.4) is 0 Å². The van der Waals surface area contributed by atoms with Crippen molar-refractivity contribution in [2.45, 2.75) is 125 Å². The number of hydrogen-bond acceptors (Lipinski definition) is 7. The minimum absolute atomic E-state index is 0.00862. The average Bonchev–Trinajstić information content (AvgIpc) is 2.90. The maximum atomic E-state index is 13.3. The smallest absolute Gasteiger partial charge is 0.334 e. The summed E-state index contributed by atoms with van der Waals surface area (Å²) in [5.74, 6) is -3.91. The summed E-state index contributed by atoms with van der Waals surface area (Å²) < 4.78 is 12.3. The van der Waals surface area contributed by atoms with E-state index in [0.29, 0.717) is 5.57 Å². The zero-order valence-electron chi connectivity index (χ0n) is 27.7. The van der Waals surface area contributed by atoms with Crippen LogP contribution in [0.4, 0.5) is 0 Å². The van der Waals surface area contributed by atoms with Gasteiger partial charge < -0.3 is 29.9 Å². The number of aliphatic hydroxyl groups excluding tert-OH is 3. The van der Waals surface area contributed by atoms with Gasteiger partial charge in [-0.05, 0) is 45.1 Å². The molecular weight excluding hydrogens is 532 g/mol. The molecule has 2 aliphatic rings. The number of cyclic esters (lactones) is 1. The van der Waals surface area contributed by atoms with Gasteiger partial charge in [0, 0.05) is 41.6 Å². The molecule has 7 nitrogen and oxygen atoms in total. The fraction of sp³-hybridized carbons (Fsp3) is 0.743. The number of ether oxygens (including phenoxy) is 2. The second-order valence-corrected chi connectivity index (χ2v) is 13.8. The van der Waals surface area contributed by atoms with Crippen LogP contribution >= 0.6 is 0 Å². The lowest BCUT2D eigenvalue weighted by atomic mass is 9.75. The SMILES string of the molecule is CC1=C\[C@@H](C)[C@@H](O)[C@@H](C)C/C(C)=C/C=C/[C@H](C)[C@@H]([C@@H](C)[C@@H](O)[C@H](C)[C@@]2(O)C[C@@H](O)[C@H](C)[C@@H](C(C)C)O2)OC(=O)\C(C)=C\1. The largest absolute Gasteiger partial charge is 0.458 e. The highest BCUT2D eigenvalue weighted by Gasteiger charge is 2.51. The Labute approximate surface area is 254 Å². The van der Waals surface area contributed by atoms with Gasteiger partial charge in [0.25, 0.3) is 0 Å². The molecule has 2 heterocycles. The van der Waals surface area contributed by atoms with Crippen LogP contribution in [0, 0.1) is 41.4 Å². The summed E-state index contributed by atoms with van der Waals surface area (Å²) in [5.41, 5.74) is 2.40. The number of carbonyl (C=O) groups excluding carboxylic acids is 1. The standard InChI is InChI=1S/C35H58O7/c1-19(2)32-26(9)29(36)18-35(40,42-32)28(11)31(38)27(10)33-22(5)14-12-13-20(3)15-23(6)30(37)24(7)16-21(4)17-25(8)34(39)41-33/h12-14,16-17,19,22-24,26-33,36-38,40H,15,18H2,1-11H3/b14-12+,20-13+,21-16+,25-17+/t22-,23-,24+,26-,27-,28-,29+,30-,31+,32+,33-,35+/m0/s1. The Morgan fingerprint density at radius 2 is 1.60 bits per heavy atom. The number of hydrogen-bond donors (Lipinski definition) is 4. The maximum absolute atomic E-state index is 13.3. The van der Waals surface area contributed by atoms with Crippen LogP contribution in [0.15, 0.2) is 47.1 Å². The quantitative estimate of drug-likeness (QED) is 0.302. The number of rotatable bonds is 5. The van der Waals surface area contributed by atoms with Gasteiger partial charge in [-0.15, -0.1) is 0 Å². The van der Waals surface area contributed by atoms with Gasteiger partial charge in [-0.25, -0.2) is 4.79 Å². The third-order valence-corrected chi connectivity index (χ3v) is 9.52. The van der Waals surface area contributed by atoms with Gasteiger partial charge in [0.2, 0.25) is 0 Å². The van der Waals surface area contributed by atoms with Gasteiger partial charge in [-0.3, -0.25) is 0 Å². The van der Waals surface area contributed by atoms with E-state index in [1.54, 1.807) is 19.9 Å². The van der Waals surface area contributed by atoms with Crippen LogP contribution in [-0.4, -0.2) is 62.7 Å². The first-order valence-electron chi connectivity index (χ1n) is 15.8. The molecule has 0 unspecified atom stereocenters. The molecule has 0 aromatic rings. The highest BCUT2D eigenvalue weighted by Crippen LogP contribution is 2.41. The van der Waals surface area contributed by atoms with E-state index in [9.17, 15) is 25.2 Å². The Hall–Kier alpha value is -1.77. The molecule has 0 aliphatic carbocycles. The molecule has 0 amide bonds. The van der Waals surface area contributed by atoms with Crippen molar-refractivity contribution in [1.29, 1.82) is 0 Å². The Kier molecular flexibility index (Phi) is 13.3. The molecule has 0 saturated carbocycles. The summed E-state index contributed by atoms with van der Waals surface area (Å²) >= 11 is 0. The van der Waals surface area contributed by atoms with Crippen molar-refractivity contribution in [3.8, 4) is 0 Å². The minimum Gasteiger partial charge on any atom is -0.458 e. The molecule has 2 aliphatic heterocycles. The number of aliphatic hydroxyl groups is 4. The average molecular weight is 591 g/mol. The van der Waals surface area contributed by atoms with Crippen molar-refractivity contribution in [3.05, 3.63) is 47.1 Å². The summed E-state index contributed by atoms with van der Waals surface area (Å²) in [7, 11) is 0. The van der Waals surface area contributed by atoms with Crippen LogP contribution in [0.25, 0.3) is 0 Å². The van der Waals surface area contributed by atoms with Crippen molar-refractivity contribution >= 4 is 5.97 Å². The molecule has 7 heteroatoms. The summed E-state index contributed by atoms with van der Waals surface area (Å²) in [5, 5.41) is 44.8. The lowest BCUT2D eigenvalue weighted by Gasteiger charge is -2.49. The highest BCUT2D eigenvalue weighted by molar-refractivity contribution is 5.88. The molecule has 0 bridgehead atoms. The molecular formula is C35H58O7. The zero-order chi connectivity index (χ0) is 32.1. The van der Waals surface area contributed by atoms with Crippen molar-refractivity contribution < 1.29 is 34.7 Å². The topological polar surface area (TPSA) is 116 Å². The number of allylic oxidation sites excluding steroid dienone is 5. The van der Waals surface area contributed by atoms with E-state index in [4.69, 9.17) is 9.47 Å². The predicted molar refractivity (Wildman–Crippen MR) is 167 cm³/mol. The Balaban J connectivity index is 2.43. The Bertz CT molecular complexity index is 1030. The van der Waals surface area contributed by atoms with Crippen molar-refractivity contribution in [2.24, 2.45) is 41.4 Å². The van der Waals surface area contributed by atoms with Crippen molar-refractivity contribution in [3.63, 3.8) is 0 Å². The van der Waals surface area contributed by atoms with E-state index >= 15 is 0 Å². The van der Waals surface area contributed by atoms with Crippen LogP contribution in [0.5, 0.6) is 0 Å². The fourth-order valence-electron chi connectivity index (χ4n) is 6.64. The van der Waals surface area contributed by atoms with Crippen molar-refractivity contribution in [2.75, 3.05) is 0 Å². The van der Waals surface area contributed by atoms with Crippen LogP contribution in [-0.2, 0) is 14.3 Å². The molecule has 1 fully saturated rings. The second-order valence-electron chi connectivity index (χ2n) is 13.8. The first kappa shape index (κ1) is 36.4. The highest BCUT2D eigenvalue weighted by atomic mass is 16.6. The molecule has 0 aromatic heterocycles. The first-order valence-corrected chi connectivity index (χ1v) is 15.8. The van der Waals surface area contributed by atoms with E-state index in [1.165, 1.54) is 0 Å². The van der Waals surface area contributed by atoms with Gasteiger partial charge in [-0.1, -0.05) is 90.8 Å². The minimum atomic E-state index is -1.73. The van der Waals surface area contributed by atoms with E-state index in [0.717, 1.165) is 17.6 Å². The second kappa shape index (κ2) is 15.3. The van der Waals surface area contributed by atoms with Crippen LogP contribution in [0.1, 0.15) is 89.0 Å². The normalized spacial score (nSPS) is 42.7. The molecule has 4 N–H and O–H groups in total. The Morgan fingerprint density at radius 3 is 2.19 bits per heavy atom.